The normalized spacial score (nSPS) is 22.9. The van der Waals surface area contributed by atoms with E-state index in [9.17, 15) is 0 Å². The lowest BCUT2D eigenvalue weighted by atomic mass is 9.77. The Labute approximate surface area is 180 Å². The maximum absolute atomic E-state index is 6.07. The number of piperidine rings is 1. The molecule has 30 heavy (non-hydrogen) atoms. The molecule has 1 aromatic carbocycles. The van der Waals surface area contributed by atoms with Gasteiger partial charge in [0.05, 0.1) is 12.3 Å². The van der Waals surface area contributed by atoms with Crippen LogP contribution in [0.5, 0.6) is 5.75 Å². The third-order valence-corrected chi connectivity index (χ3v) is 7.25. The van der Waals surface area contributed by atoms with Gasteiger partial charge in [0, 0.05) is 44.4 Å². The first-order valence-electron chi connectivity index (χ1n) is 11.6. The molecular weight excluding hydrogens is 372 g/mol. The Balaban J connectivity index is 1.41. The number of nitrogens with zero attached hydrogens (tertiary/aromatic N) is 4. The summed E-state index contributed by atoms with van der Waals surface area (Å²) in [7, 11) is 4.05. The standard InChI is InChI=1S/C25H34N4O/c1-4-30-22-14-19-8-5-7-18(19)13-21(22)16-29-12-6-10-25(17-29)11-9-20-15-26-24(28(2)3)27-23(20)25/h13-15H,4-12,16-17H2,1-3H3. The van der Waals surface area contributed by atoms with Gasteiger partial charge in [-0.2, -0.15) is 0 Å². The molecule has 0 radical (unpaired) electrons. The lowest BCUT2D eigenvalue weighted by Crippen LogP contribution is -2.45. The molecule has 0 N–H and O–H groups in total. The van der Waals surface area contributed by atoms with Crippen molar-refractivity contribution in [1.82, 2.24) is 14.9 Å². The average molecular weight is 407 g/mol. The van der Waals surface area contributed by atoms with E-state index in [1.807, 2.05) is 19.0 Å². The third-order valence-electron chi connectivity index (χ3n) is 7.25. The van der Waals surface area contributed by atoms with E-state index < -0.39 is 0 Å². The van der Waals surface area contributed by atoms with Crippen LogP contribution in [0.3, 0.4) is 0 Å². The van der Waals surface area contributed by atoms with Gasteiger partial charge in [0.15, 0.2) is 0 Å². The van der Waals surface area contributed by atoms with Gasteiger partial charge >= 0.3 is 0 Å². The Morgan fingerprint density at radius 2 is 1.90 bits per heavy atom. The van der Waals surface area contributed by atoms with Crippen LogP contribution < -0.4 is 9.64 Å². The molecule has 1 atom stereocenters. The van der Waals surface area contributed by atoms with Crippen molar-refractivity contribution in [1.29, 1.82) is 0 Å². The summed E-state index contributed by atoms with van der Waals surface area (Å²) < 4.78 is 6.07. The van der Waals surface area contributed by atoms with Crippen LogP contribution in [0.1, 0.15) is 60.6 Å². The predicted molar refractivity (Wildman–Crippen MR) is 121 cm³/mol. The first-order valence-corrected chi connectivity index (χ1v) is 11.6. The Hall–Kier alpha value is -2.14. The largest absolute Gasteiger partial charge is 0.494 e. The molecule has 1 fully saturated rings. The minimum Gasteiger partial charge on any atom is -0.494 e. The number of benzene rings is 1. The van der Waals surface area contributed by atoms with Crippen LogP contribution in [0.25, 0.3) is 0 Å². The summed E-state index contributed by atoms with van der Waals surface area (Å²) in [5, 5.41) is 0. The third kappa shape index (κ3) is 3.47. The molecule has 2 aromatic rings. The number of hydrogen-bond acceptors (Lipinski definition) is 5. The summed E-state index contributed by atoms with van der Waals surface area (Å²) >= 11 is 0. The molecule has 0 amide bonds. The van der Waals surface area contributed by atoms with E-state index in [1.54, 1.807) is 0 Å². The monoisotopic (exact) mass is 406 g/mol. The van der Waals surface area contributed by atoms with Crippen molar-refractivity contribution in [3.63, 3.8) is 0 Å². The summed E-state index contributed by atoms with van der Waals surface area (Å²) in [4.78, 5) is 14.3. The fourth-order valence-electron chi connectivity index (χ4n) is 5.81. The number of anilines is 1. The molecule has 1 aliphatic heterocycles. The molecule has 2 aliphatic carbocycles. The average Bonchev–Trinajstić information content (AvgIpc) is 3.33. The molecule has 5 rings (SSSR count). The summed E-state index contributed by atoms with van der Waals surface area (Å²) in [6.45, 7) is 6.04. The quantitative estimate of drug-likeness (QED) is 0.753. The van der Waals surface area contributed by atoms with Gasteiger partial charge in [0.2, 0.25) is 5.95 Å². The number of aryl methyl sites for hydroxylation is 3. The van der Waals surface area contributed by atoms with Crippen LogP contribution in [-0.4, -0.2) is 48.7 Å². The highest BCUT2D eigenvalue weighted by atomic mass is 16.5. The van der Waals surface area contributed by atoms with E-state index in [1.165, 1.54) is 66.5 Å². The van der Waals surface area contributed by atoms with Crippen LogP contribution in [-0.2, 0) is 31.2 Å². The SMILES string of the molecule is CCOc1cc2c(cc1CN1CCCC3(CCc4cnc(N(C)C)nc43)C1)CCC2. The molecule has 0 saturated carbocycles. The smallest absolute Gasteiger partial charge is 0.225 e. The van der Waals surface area contributed by atoms with Crippen LogP contribution >= 0.6 is 0 Å². The number of likely N-dealkylation sites (tertiary alicyclic amines) is 1. The van der Waals surface area contributed by atoms with E-state index in [4.69, 9.17) is 9.72 Å². The Bertz CT molecular complexity index is 937. The van der Waals surface area contributed by atoms with Gasteiger partial charge in [-0.05, 0) is 81.2 Å². The molecule has 2 heterocycles. The first-order chi connectivity index (χ1) is 14.6. The minimum atomic E-state index is 0.184. The van der Waals surface area contributed by atoms with Gasteiger partial charge < -0.3 is 9.64 Å². The fraction of sp³-hybridized carbons (Fsp3) is 0.600. The Morgan fingerprint density at radius 3 is 2.70 bits per heavy atom. The number of hydrogen-bond donors (Lipinski definition) is 0. The molecule has 5 heteroatoms. The van der Waals surface area contributed by atoms with Crippen LogP contribution in [0.4, 0.5) is 5.95 Å². The van der Waals surface area contributed by atoms with Crippen LogP contribution in [0.15, 0.2) is 18.3 Å². The van der Waals surface area contributed by atoms with Gasteiger partial charge in [-0.25, -0.2) is 9.97 Å². The van der Waals surface area contributed by atoms with Gasteiger partial charge in [-0.15, -0.1) is 0 Å². The van der Waals surface area contributed by atoms with Gasteiger partial charge in [-0.3, -0.25) is 4.90 Å². The van der Waals surface area contributed by atoms with Crippen molar-refractivity contribution >= 4 is 5.95 Å². The van der Waals surface area contributed by atoms with E-state index in [-0.39, 0.29) is 5.41 Å². The molecule has 1 saturated heterocycles. The van der Waals surface area contributed by atoms with E-state index in [0.29, 0.717) is 0 Å². The van der Waals surface area contributed by atoms with Crippen molar-refractivity contribution in [2.24, 2.45) is 0 Å². The fourth-order valence-corrected chi connectivity index (χ4v) is 5.81. The summed E-state index contributed by atoms with van der Waals surface area (Å²) in [5.74, 6) is 1.94. The predicted octanol–water partition coefficient (Wildman–Crippen LogP) is 3.91. The molecule has 160 valence electrons. The Kier molecular flexibility index (Phi) is 5.18. The molecule has 3 aliphatic rings. The molecule has 1 aromatic heterocycles. The van der Waals surface area contributed by atoms with Crippen molar-refractivity contribution in [2.75, 3.05) is 38.7 Å². The number of ether oxygens (including phenoxy) is 1. The Morgan fingerprint density at radius 1 is 1.07 bits per heavy atom. The maximum Gasteiger partial charge on any atom is 0.225 e. The van der Waals surface area contributed by atoms with Gasteiger partial charge in [0.25, 0.3) is 0 Å². The van der Waals surface area contributed by atoms with E-state index in [0.717, 1.165) is 44.4 Å². The molecule has 1 spiro atoms. The van der Waals surface area contributed by atoms with Crippen molar-refractivity contribution in [2.45, 2.75) is 63.8 Å². The summed E-state index contributed by atoms with van der Waals surface area (Å²) in [5.41, 5.74) is 7.25. The highest BCUT2D eigenvalue weighted by molar-refractivity contribution is 5.45. The first kappa shape index (κ1) is 19.8. The van der Waals surface area contributed by atoms with Gasteiger partial charge in [-0.1, -0.05) is 6.07 Å². The topological polar surface area (TPSA) is 41.5 Å². The molecule has 1 unspecified atom stereocenters. The van der Waals surface area contributed by atoms with Crippen LogP contribution in [0, 0.1) is 0 Å². The zero-order valence-corrected chi connectivity index (χ0v) is 18.7. The van der Waals surface area contributed by atoms with Gasteiger partial charge in [0.1, 0.15) is 5.75 Å². The summed E-state index contributed by atoms with van der Waals surface area (Å²) in [6, 6.07) is 4.76. The highest BCUT2D eigenvalue weighted by Crippen LogP contribution is 2.45. The van der Waals surface area contributed by atoms with Crippen molar-refractivity contribution in [3.05, 3.63) is 46.3 Å². The summed E-state index contributed by atoms with van der Waals surface area (Å²) in [6.07, 6.45) is 10.6. The molecule has 5 nitrogen and oxygen atoms in total. The highest BCUT2D eigenvalue weighted by Gasteiger charge is 2.43. The molecule has 0 bridgehead atoms. The van der Waals surface area contributed by atoms with E-state index in [2.05, 4.69) is 35.1 Å². The second kappa shape index (κ2) is 7.84. The molecular formula is C25H34N4O. The maximum atomic E-state index is 6.07. The van der Waals surface area contributed by atoms with Crippen molar-refractivity contribution < 1.29 is 4.74 Å². The lowest BCUT2D eigenvalue weighted by molar-refractivity contribution is 0.135. The second-order valence-corrected chi connectivity index (χ2v) is 9.55. The van der Waals surface area contributed by atoms with Crippen molar-refractivity contribution in [3.8, 4) is 5.75 Å². The zero-order chi connectivity index (χ0) is 20.7. The number of fused-ring (bicyclic) bond motifs is 3. The second-order valence-electron chi connectivity index (χ2n) is 9.55. The lowest BCUT2D eigenvalue weighted by Gasteiger charge is -2.41. The number of rotatable bonds is 5. The minimum absolute atomic E-state index is 0.184. The zero-order valence-electron chi connectivity index (χ0n) is 18.7. The number of aromatic nitrogens is 2. The van der Waals surface area contributed by atoms with E-state index >= 15 is 0 Å². The van der Waals surface area contributed by atoms with Crippen LogP contribution in [0.2, 0.25) is 0 Å².